The smallest absolute Gasteiger partial charge is 0.193 e. The molecule has 0 aliphatic carbocycles. The number of fused-ring (bicyclic) bond motifs is 1. The highest BCUT2D eigenvalue weighted by Crippen LogP contribution is 2.32. The fourth-order valence-corrected chi connectivity index (χ4v) is 2.71. The lowest BCUT2D eigenvalue weighted by atomic mass is 10.2. The normalized spacial score (nSPS) is 13.8. The van der Waals surface area contributed by atoms with Gasteiger partial charge in [0.05, 0.1) is 26.4 Å². The fraction of sp³-hybridized carbons (Fsp3) is 0.316. The van der Waals surface area contributed by atoms with Crippen molar-refractivity contribution in [2.45, 2.75) is 19.9 Å². The Morgan fingerprint density at radius 2 is 2.00 bits per heavy atom. The zero-order valence-electron chi connectivity index (χ0n) is 14.6. The maximum Gasteiger partial charge on any atom is 0.193 e. The first-order valence-corrected chi connectivity index (χ1v) is 8.91. The van der Waals surface area contributed by atoms with E-state index in [0.29, 0.717) is 48.8 Å². The Morgan fingerprint density at radius 1 is 1.19 bits per heavy atom. The minimum Gasteiger partial charge on any atom is -0.493 e. The van der Waals surface area contributed by atoms with E-state index in [1.807, 2.05) is 37.3 Å². The quantitative estimate of drug-likeness (QED) is 0.613. The highest BCUT2D eigenvalue weighted by molar-refractivity contribution is 6.30. The second-order valence-electron chi connectivity index (χ2n) is 5.72. The molecular weight excluding hydrogens is 354 g/mol. The molecule has 138 valence electrons. The lowest BCUT2D eigenvalue weighted by molar-refractivity contribution is 0.297. The Bertz CT molecular complexity index is 796. The predicted molar refractivity (Wildman–Crippen MR) is 104 cm³/mol. The van der Waals surface area contributed by atoms with Crippen LogP contribution >= 0.6 is 11.6 Å². The molecule has 0 spiro atoms. The fourth-order valence-electron chi connectivity index (χ4n) is 2.55. The Labute approximate surface area is 157 Å². The second kappa shape index (κ2) is 8.67. The van der Waals surface area contributed by atoms with Gasteiger partial charge in [-0.25, -0.2) is 4.99 Å². The van der Waals surface area contributed by atoms with Crippen molar-refractivity contribution in [3.8, 4) is 17.2 Å². The van der Waals surface area contributed by atoms with E-state index in [9.17, 15) is 0 Å². The summed E-state index contributed by atoms with van der Waals surface area (Å²) in [5.74, 6) is 2.46. The minimum atomic E-state index is 0.303. The van der Waals surface area contributed by atoms with Crippen LogP contribution in [0.3, 0.4) is 0 Å². The summed E-state index contributed by atoms with van der Waals surface area (Å²) < 4.78 is 16.9. The van der Waals surface area contributed by atoms with Gasteiger partial charge in [-0.15, -0.1) is 0 Å². The predicted octanol–water partition coefficient (Wildman–Crippen LogP) is 3.83. The number of nitrogens with zero attached hydrogens (tertiary/aromatic N) is 1. The van der Waals surface area contributed by atoms with Gasteiger partial charge in [0, 0.05) is 28.8 Å². The zero-order valence-corrected chi connectivity index (χ0v) is 15.4. The van der Waals surface area contributed by atoms with Crippen molar-refractivity contribution in [1.82, 2.24) is 0 Å². The number of ether oxygens (including phenoxy) is 3. The molecule has 26 heavy (non-hydrogen) atoms. The van der Waals surface area contributed by atoms with E-state index in [0.717, 1.165) is 23.4 Å². The van der Waals surface area contributed by atoms with Crippen LogP contribution in [0.5, 0.6) is 17.2 Å². The third kappa shape index (κ3) is 4.73. The van der Waals surface area contributed by atoms with Gasteiger partial charge in [-0.1, -0.05) is 17.7 Å². The first kappa shape index (κ1) is 18.2. The number of nitrogens with two attached hydrogens (primary N) is 1. The maximum absolute atomic E-state index is 6.02. The molecule has 3 rings (SSSR count). The van der Waals surface area contributed by atoms with Crippen molar-refractivity contribution in [1.29, 1.82) is 0 Å². The number of guanidine groups is 1. The van der Waals surface area contributed by atoms with E-state index in [-0.39, 0.29) is 0 Å². The molecule has 2 aromatic carbocycles. The summed E-state index contributed by atoms with van der Waals surface area (Å²) in [4.78, 5) is 4.38. The van der Waals surface area contributed by atoms with Gasteiger partial charge < -0.3 is 25.3 Å². The molecule has 0 saturated heterocycles. The van der Waals surface area contributed by atoms with Gasteiger partial charge in [0.25, 0.3) is 0 Å². The second-order valence-corrected chi connectivity index (χ2v) is 6.16. The van der Waals surface area contributed by atoms with E-state index in [1.54, 1.807) is 6.07 Å². The van der Waals surface area contributed by atoms with E-state index < -0.39 is 0 Å². The van der Waals surface area contributed by atoms with Crippen LogP contribution in [0, 0.1) is 0 Å². The van der Waals surface area contributed by atoms with Gasteiger partial charge in [-0.3, -0.25) is 0 Å². The van der Waals surface area contributed by atoms with Crippen LogP contribution in [0.15, 0.2) is 41.4 Å². The average Bonchev–Trinajstić information content (AvgIpc) is 2.86. The molecule has 0 aromatic heterocycles. The summed E-state index contributed by atoms with van der Waals surface area (Å²) in [5, 5.41) is 3.70. The average molecular weight is 376 g/mol. The first-order valence-electron chi connectivity index (χ1n) is 8.53. The zero-order chi connectivity index (χ0) is 18.4. The van der Waals surface area contributed by atoms with Crippen molar-refractivity contribution in [2.75, 3.05) is 25.1 Å². The molecule has 0 fully saturated rings. The Morgan fingerprint density at radius 3 is 2.81 bits per heavy atom. The summed E-state index contributed by atoms with van der Waals surface area (Å²) in [5.41, 5.74) is 7.72. The van der Waals surface area contributed by atoms with Crippen LogP contribution in [0.4, 0.5) is 5.69 Å². The molecule has 0 unspecified atom stereocenters. The Hall–Kier alpha value is -2.60. The van der Waals surface area contributed by atoms with Crippen molar-refractivity contribution in [2.24, 2.45) is 10.7 Å². The standard InChI is InChI=1S/C19H22ClN3O3/c1-2-24-17-10-14(20)5-4-13(17)12-22-19(21)23-15-6-7-16-18(11-15)26-9-3-8-25-16/h4-7,10-11H,2-3,8-9,12H2,1H3,(H3,21,22,23). The van der Waals surface area contributed by atoms with E-state index in [4.69, 9.17) is 31.5 Å². The molecule has 1 aliphatic rings. The first-order chi connectivity index (χ1) is 12.7. The topological polar surface area (TPSA) is 78.1 Å². The molecule has 0 saturated carbocycles. The molecule has 0 bridgehead atoms. The van der Waals surface area contributed by atoms with E-state index in [2.05, 4.69) is 10.3 Å². The van der Waals surface area contributed by atoms with Gasteiger partial charge in [-0.2, -0.15) is 0 Å². The third-order valence-corrected chi connectivity index (χ3v) is 4.00. The van der Waals surface area contributed by atoms with Crippen molar-refractivity contribution in [3.63, 3.8) is 0 Å². The lowest BCUT2D eigenvalue weighted by Crippen LogP contribution is -2.22. The van der Waals surface area contributed by atoms with Crippen LogP contribution < -0.4 is 25.3 Å². The van der Waals surface area contributed by atoms with Crippen LogP contribution in [-0.4, -0.2) is 25.8 Å². The summed E-state index contributed by atoms with van der Waals surface area (Å²) >= 11 is 6.02. The van der Waals surface area contributed by atoms with Crippen molar-refractivity contribution < 1.29 is 14.2 Å². The van der Waals surface area contributed by atoms with E-state index in [1.165, 1.54) is 0 Å². The van der Waals surface area contributed by atoms with Gasteiger partial charge in [0.2, 0.25) is 0 Å². The van der Waals surface area contributed by atoms with E-state index >= 15 is 0 Å². The van der Waals surface area contributed by atoms with Crippen LogP contribution in [-0.2, 0) is 6.54 Å². The number of hydrogen-bond acceptors (Lipinski definition) is 4. The molecular formula is C19H22ClN3O3. The molecule has 0 atom stereocenters. The van der Waals surface area contributed by atoms with Crippen LogP contribution in [0.2, 0.25) is 5.02 Å². The summed E-state index contributed by atoms with van der Waals surface area (Å²) in [7, 11) is 0. The number of hydrogen-bond donors (Lipinski definition) is 2. The molecule has 6 nitrogen and oxygen atoms in total. The number of rotatable bonds is 5. The number of nitrogens with one attached hydrogen (secondary N) is 1. The molecule has 3 N–H and O–H groups in total. The summed E-state index contributed by atoms with van der Waals surface area (Å²) in [6.07, 6.45) is 0.865. The van der Waals surface area contributed by atoms with Gasteiger partial charge >= 0.3 is 0 Å². The maximum atomic E-state index is 6.02. The van der Waals surface area contributed by atoms with Crippen LogP contribution in [0.25, 0.3) is 0 Å². The van der Waals surface area contributed by atoms with Crippen molar-refractivity contribution in [3.05, 3.63) is 47.0 Å². The summed E-state index contributed by atoms with van der Waals surface area (Å²) in [6, 6.07) is 11.1. The van der Waals surface area contributed by atoms with Gasteiger partial charge in [-0.05, 0) is 31.2 Å². The SMILES string of the molecule is CCOc1cc(Cl)ccc1CN=C(N)Nc1ccc2c(c1)OCCCO2. The highest BCUT2D eigenvalue weighted by atomic mass is 35.5. The van der Waals surface area contributed by atoms with Gasteiger partial charge in [0.15, 0.2) is 17.5 Å². The lowest BCUT2D eigenvalue weighted by Gasteiger charge is -2.11. The molecule has 0 amide bonds. The Kier molecular flexibility index (Phi) is 6.07. The largest absolute Gasteiger partial charge is 0.493 e. The minimum absolute atomic E-state index is 0.303. The van der Waals surface area contributed by atoms with Crippen molar-refractivity contribution >= 4 is 23.2 Å². The molecule has 0 radical (unpaired) electrons. The molecule has 1 aliphatic heterocycles. The number of halogens is 1. The molecule has 2 aromatic rings. The number of aliphatic imine (C=N–C) groups is 1. The Balaban J connectivity index is 1.68. The monoisotopic (exact) mass is 375 g/mol. The number of anilines is 1. The molecule has 7 heteroatoms. The molecule has 1 heterocycles. The third-order valence-electron chi connectivity index (χ3n) is 3.77. The highest BCUT2D eigenvalue weighted by Gasteiger charge is 2.11. The van der Waals surface area contributed by atoms with Crippen LogP contribution in [0.1, 0.15) is 18.9 Å². The van der Waals surface area contributed by atoms with Gasteiger partial charge in [0.1, 0.15) is 5.75 Å². The summed E-state index contributed by atoms with van der Waals surface area (Å²) in [6.45, 7) is 4.16. The number of benzene rings is 2.